The zero-order valence-corrected chi connectivity index (χ0v) is 12.6. The smallest absolute Gasteiger partial charge is 0.183 e. The molecule has 4 heteroatoms. The molecule has 1 heterocycles. The van der Waals surface area contributed by atoms with Gasteiger partial charge in [-0.1, -0.05) is 17.4 Å². The molecule has 1 aromatic carbocycles. The van der Waals surface area contributed by atoms with E-state index < -0.39 is 0 Å². The van der Waals surface area contributed by atoms with Crippen molar-refractivity contribution in [3.8, 4) is 0 Å². The fourth-order valence-corrected chi connectivity index (χ4v) is 3.30. The summed E-state index contributed by atoms with van der Waals surface area (Å²) in [7, 11) is 2.23. The van der Waals surface area contributed by atoms with Gasteiger partial charge < -0.3 is 5.32 Å². The van der Waals surface area contributed by atoms with Crippen LogP contribution in [0.4, 0.5) is 5.13 Å². The van der Waals surface area contributed by atoms with Gasteiger partial charge in [-0.25, -0.2) is 4.98 Å². The molecule has 1 aromatic heterocycles. The molecule has 102 valence electrons. The van der Waals surface area contributed by atoms with E-state index in [2.05, 4.69) is 54.3 Å². The van der Waals surface area contributed by atoms with Crippen molar-refractivity contribution in [2.75, 3.05) is 18.9 Å². The normalized spacial score (nSPS) is 17.1. The molecule has 3 rings (SSSR count). The van der Waals surface area contributed by atoms with Crippen LogP contribution in [-0.4, -0.2) is 35.6 Å². The van der Waals surface area contributed by atoms with Crippen LogP contribution < -0.4 is 5.32 Å². The van der Waals surface area contributed by atoms with E-state index in [-0.39, 0.29) is 0 Å². The lowest BCUT2D eigenvalue weighted by molar-refractivity contribution is 0.257. The lowest BCUT2D eigenvalue weighted by Gasteiger charge is -2.24. The van der Waals surface area contributed by atoms with Crippen LogP contribution in [0.3, 0.4) is 0 Å². The van der Waals surface area contributed by atoms with Gasteiger partial charge in [0, 0.05) is 18.6 Å². The summed E-state index contributed by atoms with van der Waals surface area (Å²) in [6.07, 6.45) is 2.72. The third-order valence-electron chi connectivity index (χ3n) is 3.91. The Labute approximate surface area is 118 Å². The number of anilines is 1. The van der Waals surface area contributed by atoms with Gasteiger partial charge in [-0.15, -0.1) is 0 Å². The first-order valence-corrected chi connectivity index (χ1v) is 7.78. The van der Waals surface area contributed by atoms with Crippen molar-refractivity contribution in [1.82, 2.24) is 9.88 Å². The van der Waals surface area contributed by atoms with E-state index in [4.69, 9.17) is 0 Å². The predicted molar refractivity (Wildman–Crippen MR) is 83.1 cm³/mol. The average molecular weight is 275 g/mol. The van der Waals surface area contributed by atoms with Gasteiger partial charge in [-0.2, -0.15) is 0 Å². The van der Waals surface area contributed by atoms with E-state index >= 15 is 0 Å². The largest absolute Gasteiger partial charge is 0.360 e. The molecule has 0 amide bonds. The fourth-order valence-electron chi connectivity index (χ4n) is 2.33. The summed E-state index contributed by atoms with van der Waals surface area (Å²) < 4.78 is 1.27. The van der Waals surface area contributed by atoms with Gasteiger partial charge in [-0.3, -0.25) is 4.90 Å². The van der Waals surface area contributed by atoms with Gasteiger partial charge in [0.15, 0.2) is 5.13 Å². The summed E-state index contributed by atoms with van der Waals surface area (Å²) in [6, 6.07) is 7.80. The Morgan fingerprint density at radius 1 is 1.47 bits per heavy atom. The number of benzene rings is 1. The van der Waals surface area contributed by atoms with Crippen molar-refractivity contribution in [3.63, 3.8) is 0 Å². The number of aromatic nitrogens is 1. The zero-order valence-electron chi connectivity index (χ0n) is 11.8. The molecule has 0 saturated heterocycles. The minimum atomic E-state index is 0.557. The molecule has 1 saturated carbocycles. The van der Waals surface area contributed by atoms with Gasteiger partial charge in [-0.05, 0) is 51.4 Å². The molecule has 0 aliphatic heterocycles. The Balaban J connectivity index is 1.64. The molecular weight excluding hydrogens is 254 g/mol. The highest BCUT2D eigenvalue weighted by Gasteiger charge is 2.28. The third-order valence-corrected chi connectivity index (χ3v) is 4.89. The third kappa shape index (κ3) is 2.90. The number of nitrogens with zero attached hydrogens (tertiary/aromatic N) is 2. The molecule has 1 unspecified atom stereocenters. The zero-order chi connectivity index (χ0) is 13.4. The van der Waals surface area contributed by atoms with E-state index in [1.807, 2.05) is 0 Å². The fraction of sp³-hybridized carbons (Fsp3) is 0.533. The highest BCUT2D eigenvalue weighted by atomic mass is 32.1. The van der Waals surface area contributed by atoms with Crippen LogP contribution in [0, 0.1) is 6.92 Å². The lowest BCUT2D eigenvalue weighted by Crippen LogP contribution is -2.36. The number of rotatable bonds is 5. The highest BCUT2D eigenvalue weighted by molar-refractivity contribution is 7.22. The van der Waals surface area contributed by atoms with E-state index in [0.29, 0.717) is 6.04 Å². The SMILES string of the molecule is Cc1ccc2nc(NCC(C)N(C)C3CC3)sc2c1. The maximum Gasteiger partial charge on any atom is 0.183 e. The first-order valence-electron chi connectivity index (χ1n) is 6.96. The Hall–Kier alpha value is -1.13. The number of hydrogen-bond acceptors (Lipinski definition) is 4. The second-order valence-electron chi connectivity index (χ2n) is 5.62. The Kier molecular flexibility index (Phi) is 3.46. The van der Waals surface area contributed by atoms with Crippen LogP contribution in [-0.2, 0) is 0 Å². The lowest BCUT2D eigenvalue weighted by atomic mass is 10.2. The van der Waals surface area contributed by atoms with Crippen LogP contribution >= 0.6 is 11.3 Å². The summed E-state index contributed by atoms with van der Waals surface area (Å²) in [5.41, 5.74) is 2.39. The number of aryl methyl sites for hydroxylation is 1. The van der Waals surface area contributed by atoms with Crippen molar-refractivity contribution in [1.29, 1.82) is 0 Å². The molecule has 0 radical (unpaired) electrons. The van der Waals surface area contributed by atoms with Crippen LogP contribution in [0.1, 0.15) is 25.3 Å². The minimum absolute atomic E-state index is 0.557. The second kappa shape index (κ2) is 5.10. The number of thiazole rings is 1. The molecule has 19 heavy (non-hydrogen) atoms. The van der Waals surface area contributed by atoms with E-state index in [1.165, 1.54) is 23.1 Å². The number of fused-ring (bicyclic) bond motifs is 1. The summed E-state index contributed by atoms with van der Waals surface area (Å²) in [5.74, 6) is 0. The maximum atomic E-state index is 4.63. The molecule has 1 aliphatic carbocycles. The molecular formula is C15H21N3S. The topological polar surface area (TPSA) is 28.2 Å². The van der Waals surface area contributed by atoms with Crippen molar-refractivity contribution in [2.45, 2.75) is 38.8 Å². The Morgan fingerprint density at radius 2 is 2.26 bits per heavy atom. The summed E-state index contributed by atoms with van der Waals surface area (Å²) in [4.78, 5) is 7.11. The van der Waals surface area contributed by atoms with E-state index in [1.54, 1.807) is 11.3 Å². The molecule has 0 spiro atoms. The monoisotopic (exact) mass is 275 g/mol. The first-order chi connectivity index (χ1) is 9.13. The first kappa shape index (κ1) is 12.9. The van der Waals surface area contributed by atoms with E-state index in [9.17, 15) is 0 Å². The number of likely N-dealkylation sites (N-methyl/N-ethyl adjacent to an activating group) is 1. The Morgan fingerprint density at radius 3 is 3.00 bits per heavy atom. The Bertz CT molecular complexity index is 574. The van der Waals surface area contributed by atoms with Gasteiger partial charge in [0.1, 0.15) is 0 Å². The standard InChI is InChI=1S/C15H21N3S/c1-10-4-7-13-14(8-10)19-15(17-13)16-9-11(2)18(3)12-5-6-12/h4,7-8,11-12H,5-6,9H2,1-3H3,(H,16,17). The van der Waals surface area contributed by atoms with Crippen LogP contribution in [0.5, 0.6) is 0 Å². The van der Waals surface area contributed by atoms with Crippen molar-refractivity contribution < 1.29 is 0 Å². The van der Waals surface area contributed by atoms with Crippen LogP contribution in [0.15, 0.2) is 18.2 Å². The molecule has 2 aromatic rings. The molecule has 1 atom stereocenters. The van der Waals surface area contributed by atoms with Gasteiger partial charge in [0.05, 0.1) is 10.2 Å². The van der Waals surface area contributed by atoms with Gasteiger partial charge in [0.2, 0.25) is 0 Å². The van der Waals surface area contributed by atoms with Crippen molar-refractivity contribution in [2.24, 2.45) is 0 Å². The van der Waals surface area contributed by atoms with Gasteiger partial charge in [0.25, 0.3) is 0 Å². The molecule has 1 N–H and O–H groups in total. The van der Waals surface area contributed by atoms with E-state index in [0.717, 1.165) is 23.2 Å². The maximum absolute atomic E-state index is 4.63. The average Bonchev–Trinajstić information content (AvgIpc) is 3.16. The van der Waals surface area contributed by atoms with Gasteiger partial charge >= 0.3 is 0 Å². The summed E-state index contributed by atoms with van der Waals surface area (Å²) >= 11 is 1.75. The summed E-state index contributed by atoms with van der Waals surface area (Å²) in [5, 5.41) is 4.52. The molecule has 1 aliphatic rings. The number of hydrogen-bond donors (Lipinski definition) is 1. The molecule has 3 nitrogen and oxygen atoms in total. The predicted octanol–water partition coefficient (Wildman–Crippen LogP) is 3.50. The molecule has 1 fully saturated rings. The van der Waals surface area contributed by atoms with Crippen LogP contribution in [0.25, 0.3) is 10.2 Å². The minimum Gasteiger partial charge on any atom is -0.360 e. The summed E-state index contributed by atoms with van der Waals surface area (Å²) in [6.45, 7) is 5.37. The quantitative estimate of drug-likeness (QED) is 0.905. The number of nitrogens with one attached hydrogen (secondary N) is 1. The van der Waals surface area contributed by atoms with Crippen molar-refractivity contribution >= 4 is 26.7 Å². The van der Waals surface area contributed by atoms with Crippen molar-refractivity contribution in [3.05, 3.63) is 23.8 Å². The molecule has 0 bridgehead atoms. The second-order valence-corrected chi connectivity index (χ2v) is 6.65. The van der Waals surface area contributed by atoms with Crippen LogP contribution in [0.2, 0.25) is 0 Å². The highest BCUT2D eigenvalue weighted by Crippen LogP contribution is 2.28.